The van der Waals surface area contributed by atoms with E-state index in [0.29, 0.717) is 37.4 Å². The predicted molar refractivity (Wildman–Crippen MR) is 165 cm³/mol. The van der Waals surface area contributed by atoms with Crippen molar-refractivity contribution in [2.75, 3.05) is 37.4 Å². The highest BCUT2D eigenvalue weighted by Gasteiger charge is 2.20. The Kier molecular flexibility index (Phi) is 10.1. The number of benzene rings is 3. The fourth-order valence-corrected chi connectivity index (χ4v) is 5.16. The maximum absolute atomic E-state index is 14.8. The van der Waals surface area contributed by atoms with E-state index in [-0.39, 0.29) is 30.5 Å². The summed E-state index contributed by atoms with van der Waals surface area (Å²) in [6.07, 6.45) is 1.98. The Hall–Kier alpha value is -4.07. The van der Waals surface area contributed by atoms with Crippen molar-refractivity contribution in [1.82, 2.24) is 4.90 Å². The molecule has 0 spiro atoms. The van der Waals surface area contributed by atoms with E-state index >= 15 is 0 Å². The molecule has 1 saturated heterocycles. The number of esters is 1. The fraction of sp³-hybridized carbons (Fsp3) is 0.412. The van der Waals surface area contributed by atoms with E-state index in [0.717, 1.165) is 46.7 Å². The largest absolute Gasteiger partial charge is 0.492 e. The summed E-state index contributed by atoms with van der Waals surface area (Å²) in [4.78, 5) is 25.7. The van der Waals surface area contributed by atoms with Crippen LogP contribution in [0.3, 0.4) is 0 Å². The molecule has 0 atom stereocenters. The summed E-state index contributed by atoms with van der Waals surface area (Å²) in [6, 6.07) is 17.3. The average Bonchev–Trinajstić information content (AvgIpc) is 3.34. The second-order valence-electron chi connectivity index (χ2n) is 11.7. The molecule has 4 rings (SSSR count). The molecule has 1 amide bonds. The number of nitrogens with one attached hydrogen (secondary N) is 2. The first-order chi connectivity index (χ1) is 20.0. The first-order valence-corrected chi connectivity index (χ1v) is 14.6. The van der Waals surface area contributed by atoms with Crippen LogP contribution in [0.5, 0.6) is 5.75 Å². The number of hydrogen-bond donors (Lipinski definition) is 2. The van der Waals surface area contributed by atoms with E-state index < -0.39 is 5.60 Å². The minimum Gasteiger partial charge on any atom is -0.492 e. The van der Waals surface area contributed by atoms with Crippen LogP contribution in [0.15, 0.2) is 54.6 Å². The zero-order chi connectivity index (χ0) is 30.3. The fourth-order valence-electron chi connectivity index (χ4n) is 5.16. The number of anilines is 2. The Morgan fingerprint density at radius 2 is 1.90 bits per heavy atom. The van der Waals surface area contributed by atoms with E-state index in [9.17, 15) is 14.0 Å². The van der Waals surface area contributed by atoms with Gasteiger partial charge in [0.2, 0.25) is 5.91 Å². The summed E-state index contributed by atoms with van der Waals surface area (Å²) < 4.78 is 26.1. The van der Waals surface area contributed by atoms with Crippen LogP contribution < -0.4 is 15.4 Å². The quantitative estimate of drug-likeness (QED) is 0.233. The topological polar surface area (TPSA) is 79.9 Å². The number of likely N-dealkylation sites (tertiary alicyclic amines) is 1. The van der Waals surface area contributed by atoms with Gasteiger partial charge in [0.25, 0.3) is 0 Å². The van der Waals surface area contributed by atoms with Gasteiger partial charge in [-0.25, -0.2) is 4.39 Å². The number of aryl methyl sites for hydroxylation is 2. The first-order valence-electron chi connectivity index (χ1n) is 14.6. The van der Waals surface area contributed by atoms with Crippen molar-refractivity contribution in [3.05, 3.63) is 77.1 Å². The van der Waals surface area contributed by atoms with Gasteiger partial charge in [0.15, 0.2) is 0 Å². The van der Waals surface area contributed by atoms with Crippen molar-refractivity contribution in [3.8, 4) is 16.9 Å². The molecule has 0 saturated carbocycles. The molecule has 1 heterocycles. The highest BCUT2D eigenvalue weighted by molar-refractivity contribution is 5.82. The number of rotatable bonds is 12. The van der Waals surface area contributed by atoms with Crippen molar-refractivity contribution >= 4 is 23.3 Å². The molecule has 3 aromatic carbocycles. The summed E-state index contributed by atoms with van der Waals surface area (Å²) in [5.74, 6) is 0.286. The van der Waals surface area contributed by atoms with Crippen LogP contribution in [0.4, 0.5) is 15.8 Å². The summed E-state index contributed by atoms with van der Waals surface area (Å²) in [6.45, 7) is 9.90. The van der Waals surface area contributed by atoms with Crippen molar-refractivity contribution in [2.24, 2.45) is 0 Å². The van der Waals surface area contributed by atoms with Crippen LogP contribution in [0.25, 0.3) is 11.1 Å². The monoisotopic (exact) mass is 575 g/mol. The number of carbonyl (C=O) groups excluding carboxylic acids is 2. The van der Waals surface area contributed by atoms with Crippen LogP contribution >= 0.6 is 0 Å². The highest BCUT2D eigenvalue weighted by Crippen LogP contribution is 2.35. The van der Waals surface area contributed by atoms with Crippen LogP contribution in [0.1, 0.15) is 56.7 Å². The van der Waals surface area contributed by atoms with Crippen molar-refractivity contribution in [3.63, 3.8) is 0 Å². The van der Waals surface area contributed by atoms with Gasteiger partial charge in [0.1, 0.15) is 23.8 Å². The molecule has 0 bridgehead atoms. The lowest BCUT2D eigenvalue weighted by Gasteiger charge is -2.19. The van der Waals surface area contributed by atoms with Gasteiger partial charge in [-0.3, -0.25) is 9.59 Å². The number of nitrogens with zero attached hydrogens (tertiary/aromatic N) is 1. The molecule has 1 aliphatic heterocycles. The third-order valence-corrected chi connectivity index (χ3v) is 7.16. The molecule has 0 unspecified atom stereocenters. The van der Waals surface area contributed by atoms with E-state index in [1.165, 1.54) is 6.07 Å². The molecular weight excluding hydrogens is 533 g/mol. The second-order valence-corrected chi connectivity index (χ2v) is 11.7. The Balaban J connectivity index is 1.38. The Morgan fingerprint density at radius 1 is 1.10 bits per heavy atom. The lowest BCUT2D eigenvalue weighted by atomic mass is 9.96. The SMILES string of the molecule is CNc1cc(OCCN2CCCC2=O)cc(C)c1-c1cccc(CNc2ccc(CCC(=O)OC(C)(C)C)c(F)c2)c1. The molecule has 0 aromatic heterocycles. The number of halogens is 1. The summed E-state index contributed by atoms with van der Waals surface area (Å²) in [5, 5.41) is 6.61. The zero-order valence-corrected chi connectivity index (χ0v) is 25.3. The Labute approximate surface area is 248 Å². The highest BCUT2D eigenvalue weighted by atomic mass is 19.1. The minimum absolute atomic E-state index is 0.133. The molecule has 8 heteroatoms. The van der Waals surface area contributed by atoms with E-state index in [1.807, 2.05) is 63.1 Å². The molecule has 3 aromatic rings. The molecular formula is C34H42FN3O4. The van der Waals surface area contributed by atoms with Gasteiger partial charge in [-0.1, -0.05) is 24.3 Å². The van der Waals surface area contributed by atoms with Gasteiger partial charge in [-0.2, -0.15) is 0 Å². The van der Waals surface area contributed by atoms with Crippen molar-refractivity contribution < 1.29 is 23.5 Å². The number of carbonyl (C=O) groups is 2. The standard InChI is InChI=1S/C34H42FN3O4/c1-23-18-28(41-17-16-38-15-7-10-31(38)39)21-30(36-5)33(23)26-9-6-8-24(19-26)22-37-27-13-11-25(29(35)20-27)12-14-32(40)42-34(2,3)4/h6,8-9,11,13,18-21,36-37H,7,10,12,14-17,22H2,1-5H3. The van der Waals surface area contributed by atoms with E-state index in [1.54, 1.807) is 6.07 Å². The third-order valence-electron chi connectivity index (χ3n) is 7.16. The molecule has 2 N–H and O–H groups in total. The van der Waals surface area contributed by atoms with Gasteiger partial charge in [-0.15, -0.1) is 0 Å². The third kappa shape index (κ3) is 8.47. The number of ether oxygens (including phenoxy) is 2. The van der Waals surface area contributed by atoms with E-state index in [4.69, 9.17) is 9.47 Å². The maximum atomic E-state index is 14.8. The lowest BCUT2D eigenvalue weighted by molar-refractivity contribution is -0.154. The smallest absolute Gasteiger partial charge is 0.306 e. The molecule has 0 aliphatic carbocycles. The summed E-state index contributed by atoms with van der Waals surface area (Å²) in [5.41, 5.74) is 5.83. The predicted octanol–water partition coefficient (Wildman–Crippen LogP) is 6.73. The van der Waals surface area contributed by atoms with Gasteiger partial charge >= 0.3 is 5.97 Å². The number of hydrogen-bond acceptors (Lipinski definition) is 6. The van der Waals surface area contributed by atoms with Gasteiger partial charge in [-0.05, 0) is 87.1 Å². The van der Waals surface area contributed by atoms with Crippen LogP contribution in [-0.2, 0) is 27.3 Å². The van der Waals surface area contributed by atoms with Gasteiger partial charge < -0.3 is 25.0 Å². The maximum Gasteiger partial charge on any atom is 0.306 e. The minimum atomic E-state index is -0.553. The van der Waals surface area contributed by atoms with Crippen molar-refractivity contribution in [2.45, 2.75) is 65.5 Å². The Morgan fingerprint density at radius 3 is 2.60 bits per heavy atom. The normalized spacial score (nSPS) is 13.3. The van der Waals surface area contributed by atoms with E-state index in [2.05, 4.69) is 29.7 Å². The Bertz CT molecular complexity index is 1420. The second kappa shape index (κ2) is 13.7. The number of amides is 1. The molecule has 0 radical (unpaired) electrons. The molecule has 7 nitrogen and oxygen atoms in total. The summed E-state index contributed by atoms with van der Waals surface area (Å²) >= 11 is 0. The molecule has 1 aliphatic rings. The average molecular weight is 576 g/mol. The van der Waals surface area contributed by atoms with Gasteiger partial charge in [0, 0.05) is 56.0 Å². The molecule has 224 valence electrons. The van der Waals surface area contributed by atoms with Crippen LogP contribution in [0.2, 0.25) is 0 Å². The van der Waals surface area contributed by atoms with Gasteiger partial charge in [0.05, 0.1) is 6.54 Å². The van der Waals surface area contributed by atoms with Crippen LogP contribution in [-0.4, -0.2) is 49.1 Å². The lowest BCUT2D eigenvalue weighted by Crippen LogP contribution is -2.29. The first kappa shape index (κ1) is 30.9. The molecule has 1 fully saturated rings. The molecule has 42 heavy (non-hydrogen) atoms. The van der Waals surface area contributed by atoms with Crippen molar-refractivity contribution in [1.29, 1.82) is 0 Å². The zero-order valence-electron chi connectivity index (χ0n) is 25.3. The van der Waals surface area contributed by atoms with Crippen LogP contribution in [0, 0.1) is 12.7 Å². The summed E-state index contributed by atoms with van der Waals surface area (Å²) in [7, 11) is 1.89.